The lowest BCUT2D eigenvalue weighted by molar-refractivity contribution is 0.145. The molecule has 2 saturated carbocycles. The third-order valence-corrected chi connectivity index (χ3v) is 2.86. The number of alkyl halides is 2. The molecule has 16 heavy (non-hydrogen) atoms. The maximum Gasteiger partial charge on any atom is 0.280 e. The zero-order valence-electron chi connectivity index (χ0n) is 8.79. The van der Waals surface area contributed by atoms with E-state index in [1.54, 1.807) is 0 Å². The average molecular weight is 225 g/mol. The number of aromatic nitrogens is 2. The molecule has 0 bridgehead atoms. The summed E-state index contributed by atoms with van der Waals surface area (Å²) in [4.78, 5) is 8.22. The van der Waals surface area contributed by atoms with Crippen LogP contribution in [0.4, 0.5) is 14.6 Å². The first-order chi connectivity index (χ1) is 7.72. The van der Waals surface area contributed by atoms with Crippen molar-refractivity contribution < 1.29 is 8.78 Å². The van der Waals surface area contributed by atoms with Crippen LogP contribution in [-0.2, 0) is 0 Å². The molecule has 0 amide bonds. The van der Waals surface area contributed by atoms with Crippen LogP contribution < -0.4 is 5.32 Å². The Balaban J connectivity index is 1.89. The van der Waals surface area contributed by atoms with Gasteiger partial charge in [-0.2, -0.15) is 0 Å². The van der Waals surface area contributed by atoms with Gasteiger partial charge in [0.1, 0.15) is 17.3 Å². The van der Waals surface area contributed by atoms with Crippen molar-refractivity contribution in [2.45, 2.75) is 44.1 Å². The maximum absolute atomic E-state index is 12.6. The predicted octanol–water partition coefficient (Wildman–Crippen LogP) is 2.87. The molecule has 3 rings (SSSR count). The monoisotopic (exact) mass is 225 g/mol. The highest BCUT2D eigenvalue weighted by Crippen LogP contribution is 2.39. The van der Waals surface area contributed by atoms with Crippen LogP contribution >= 0.6 is 0 Å². The van der Waals surface area contributed by atoms with E-state index in [9.17, 15) is 8.78 Å². The number of anilines is 1. The van der Waals surface area contributed by atoms with E-state index >= 15 is 0 Å². The molecule has 1 heterocycles. The molecule has 2 aliphatic carbocycles. The molecule has 0 radical (unpaired) electrons. The molecular weight excluding hydrogens is 212 g/mol. The SMILES string of the molecule is FC(F)c1cc(NC2CC2)nc(C2CC2)n1. The second kappa shape index (κ2) is 3.64. The van der Waals surface area contributed by atoms with Gasteiger partial charge in [-0.3, -0.25) is 0 Å². The van der Waals surface area contributed by atoms with Crippen molar-refractivity contribution in [1.29, 1.82) is 0 Å². The van der Waals surface area contributed by atoms with E-state index in [1.807, 2.05) is 0 Å². The molecule has 0 spiro atoms. The summed E-state index contributed by atoms with van der Waals surface area (Å²) in [5.74, 6) is 1.45. The molecule has 2 fully saturated rings. The molecule has 0 unspecified atom stereocenters. The van der Waals surface area contributed by atoms with Crippen LogP contribution in [0.2, 0.25) is 0 Å². The Morgan fingerprint density at radius 2 is 1.94 bits per heavy atom. The third kappa shape index (κ3) is 2.13. The van der Waals surface area contributed by atoms with Gasteiger partial charge in [0, 0.05) is 18.0 Å². The molecule has 2 aliphatic rings. The number of nitrogens with zero attached hydrogens (tertiary/aromatic N) is 2. The summed E-state index contributed by atoms with van der Waals surface area (Å²) >= 11 is 0. The Bertz CT molecular complexity index is 380. The number of rotatable bonds is 4. The first kappa shape index (κ1) is 9.93. The lowest BCUT2D eigenvalue weighted by Crippen LogP contribution is -2.07. The second-order valence-electron chi connectivity index (χ2n) is 4.53. The Hall–Kier alpha value is -1.26. The summed E-state index contributed by atoms with van der Waals surface area (Å²) in [6.45, 7) is 0. The van der Waals surface area contributed by atoms with Crippen molar-refractivity contribution in [3.63, 3.8) is 0 Å². The van der Waals surface area contributed by atoms with Gasteiger partial charge in [-0.1, -0.05) is 0 Å². The first-order valence-electron chi connectivity index (χ1n) is 5.66. The van der Waals surface area contributed by atoms with Crippen molar-refractivity contribution in [1.82, 2.24) is 9.97 Å². The van der Waals surface area contributed by atoms with Gasteiger partial charge in [0.2, 0.25) is 0 Å². The predicted molar refractivity (Wildman–Crippen MR) is 55.6 cm³/mol. The van der Waals surface area contributed by atoms with Gasteiger partial charge < -0.3 is 5.32 Å². The summed E-state index contributed by atoms with van der Waals surface area (Å²) < 4.78 is 25.3. The van der Waals surface area contributed by atoms with Gasteiger partial charge in [0.05, 0.1) is 0 Å². The molecule has 0 aromatic carbocycles. The fourth-order valence-corrected chi connectivity index (χ4v) is 1.63. The van der Waals surface area contributed by atoms with Crippen LogP contribution in [0, 0.1) is 0 Å². The molecule has 3 nitrogen and oxygen atoms in total. The van der Waals surface area contributed by atoms with Gasteiger partial charge in [-0.05, 0) is 25.7 Å². The normalized spacial score (nSPS) is 20.2. The molecule has 5 heteroatoms. The summed E-state index contributed by atoms with van der Waals surface area (Å²) in [6, 6.07) is 1.79. The van der Waals surface area contributed by atoms with Crippen LogP contribution in [0.25, 0.3) is 0 Å². The highest BCUT2D eigenvalue weighted by Gasteiger charge is 2.29. The van der Waals surface area contributed by atoms with Gasteiger partial charge in [-0.15, -0.1) is 0 Å². The van der Waals surface area contributed by atoms with Crippen molar-refractivity contribution >= 4 is 5.82 Å². The average Bonchev–Trinajstić information content (AvgIpc) is 3.11. The van der Waals surface area contributed by atoms with Crippen LogP contribution in [0.1, 0.15) is 49.5 Å². The maximum atomic E-state index is 12.6. The summed E-state index contributed by atoms with van der Waals surface area (Å²) in [5, 5.41) is 3.15. The number of hydrogen-bond donors (Lipinski definition) is 1. The van der Waals surface area contributed by atoms with E-state index < -0.39 is 6.43 Å². The number of nitrogens with one attached hydrogen (secondary N) is 1. The Morgan fingerprint density at radius 3 is 2.50 bits per heavy atom. The van der Waals surface area contributed by atoms with Crippen LogP contribution in [-0.4, -0.2) is 16.0 Å². The summed E-state index contributed by atoms with van der Waals surface area (Å²) in [6.07, 6.45) is 1.74. The van der Waals surface area contributed by atoms with E-state index in [0.29, 0.717) is 23.6 Å². The fraction of sp³-hybridized carbons (Fsp3) is 0.636. The summed E-state index contributed by atoms with van der Waals surface area (Å²) in [5.41, 5.74) is -0.153. The van der Waals surface area contributed by atoms with E-state index in [4.69, 9.17) is 0 Å². The Labute approximate surface area is 92.3 Å². The molecule has 1 N–H and O–H groups in total. The van der Waals surface area contributed by atoms with Crippen LogP contribution in [0.5, 0.6) is 0 Å². The van der Waals surface area contributed by atoms with Gasteiger partial charge in [0.15, 0.2) is 0 Å². The number of hydrogen-bond acceptors (Lipinski definition) is 3. The third-order valence-electron chi connectivity index (χ3n) is 2.86. The van der Waals surface area contributed by atoms with E-state index in [2.05, 4.69) is 15.3 Å². The lowest BCUT2D eigenvalue weighted by Gasteiger charge is -2.08. The number of halogens is 2. The Kier molecular flexibility index (Phi) is 2.26. The smallest absolute Gasteiger partial charge is 0.280 e. The van der Waals surface area contributed by atoms with Crippen LogP contribution in [0.15, 0.2) is 6.07 Å². The minimum Gasteiger partial charge on any atom is -0.367 e. The topological polar surface area (TPSA) is 37.8 Å². The van der Waals surface area contributed by atoms with Gasteiger partial charge in [-0.25, -0.2) is 18.7 Å². The van der Waals surface area contributed by atoms with Gasteiger partial charge in [0.25, 0.3) is 6.43 Å². The zero-order valence-corrected chi connectivity index (χ0v) is 8.79. The van der Waals surface area contributed by atoms with Crippen molar-refractivity contribution in [3.8, 4) is 0 Å². The Morgan fingerprint density at radius 1 is 1.19 bits per heavy atom. The van der Waals surface area contributed by atoms with E-state index in [0.717, 1.165) is 25.7 Å². The lowest BCUT2D eigenvalue weighted by atomic mass is 10.3. The summed E-state index contributed by atoms with van der Waals surface area (Å²) in [7, 11) is 0. The molecule has 1 aromatic rings. The molecular formula is C11H13F2N3. The first-order valence-corrected chi connectivity index (χ1v) is 5.66. The second-order valence-corrected chi connectivity index (χ2v) is 4.53. The van der Waals surface area contributed by atoms with E-state index in [1.165, 1.54) is 6.07 Å². The zero-order chi connectivity index (χ0) is 11.1. The minimum atomic E-state index is -2.51. The van der Waals surface area contributed by atoms with Crippen LogP contribution in [0.3, 0.4) is 0 Å². The minimum absolute atomic E-state index is 0.153. The fourth-order valence-electron chi connectivity index (χ4n) is 1.63. The molecule has 86 valence electrons. The molecule has 0 atom stereocenters. The standard InChI is InChI=1S/C11H13F2N3/c12-10(13)8-5-9(14-7-3-4-7)16-11(15-8)6-1-2-6/h5-7,10H,1-4H2,(H,14,15,16). The molecule has 0 aliphatic heterocycles. The van der Waals surface area contributed by atoms with Crippen molar-refractivity contribution in [3.05, 3.63) is 17.6 Å². The molecule has 1 aromatic heterocycles. The quantitative estimate of drug-likeness (QED) is 0.856. The highest BCUT2D eigenvalue weighted by molar-refractivity contribution is 5.39. The van der Waals surface area contributed by atoms with Crippen molar-refractivity contribution in [2.75, 3.05) is 5.32 Å². The largest absolute Gasteiger partial charge is 0.367 e. The highest BCUT2D eigenvalue weighted by atomic mass is 19.3. The van der Waals surface area contributed by atoms with E-state index in [-0.39, 0.29) is 5.69 Å². The van der Waals surface area contributed by atoms with Gasteiger partial charge >= 0.3 is 0 Å². The van der Waals surface area contributed by atoms with Crippen molar-refractivity contribution in [2.24, 2.45) is 0 Å². The molecule has 0 saturated heterocycles.